The number of fused-ring (bicyclic) bond motifs is 2. The monoisotopic (exact) mass is 403 g/mol. The molecule has 0 radical (unpaired) electrons. The Morgan fingerprint density at radius 1 is 1.03 bits per heavy atom. The molecule has 1 aromatic heterocycles. The van der Waals surface area contributed by atoms with Crippen molar-refractivity contribution in [3.8, 4) is 5.75 Å². The molecular weight excluding hydrogens is 386 g/mol. The van der Waals surface area contributed by atoms with Crippen LogP contribution >= 0.6 is 11.6 Å². The van der Waals surface area contributed by atoms with E-state index in [2.05, 4.69) is 15.5 Å². The SMILES string of the molecule is CC(Oc1ccc2ccccc2c1)C(=O)N/N=C/c1cc2ccccc2nc1Cl. The van der Waals surface area contributed by atoms with Gasteiger partial charge < -0.3 is 4.74 Å². The van der Waals surface area contributed by atoms with E-state index in [4.69, 9.17) is 16.3 Å². The van der Waals surface area contributed by atoms with Crippen molar-refractivity contribution in [2.45, 2.75) is 13.0 Å². The molecule has 0 aliphatic carbocycles. The fourth-order valence-electron chi connectivity index (χ4n) is 2.95. The maximum atomic E-state index is 12.3. The maximum absolute atomic E-state index is 12.3. The molecule has 144 valence electrons. The summed E-state index contributed by atoms with van der Waals surface area (Å²) < 4.78 is 5.74. The molecule has 1 unspecified atom stereocenters. The van der Waals surface area contributed by atoms with Crippen molar-refractivity contribution < 1.29 is 9.53 Å². The Morgan fingerprint density at radius 3 is 2.59 bits per heavy atom. The van der Waals surface area contributed by atoms with Crippen molar-refractivity contribution in [3.05, 3.63) is 83.5 Å². The van der Waals surface area contributed by atoms with E-state index in [-0.39, 0.29) is 5.91 Å². The molecule has 1 N–H and O–H groups in total. The molecule has 6 heteroatoms. The van der Waals surface area contributed by atoms with E-state index in [9.17, 15) is 4.79 Å². The van der Waals surface area contributed by atoms with Gasteiger partial charge in [0, 0.05) is 10.9 Å². The highest BCUT2D eigenvalue weighted by molar-refractivity contribution is 6.32. The fraction of sp³-hybridized carbons (Fsp3) is 0.0870. The first-order valence-electron chi connectivity index (χ1n) is 9.14. The van der Waals surface area contributed by atoms with Crippen LogP contribution in [0.25, 0.3) is 21.7 Å². The number of carbonyl (C=O) groups excluding carboxylic acids is 1. The van der Waals surface area contributed by atoms with Gasteiger partial charge in [-0.25, -0.2) is 10.4 Å². The third-order valence-corrected chi connectivity index (χ3v) is 4.79. The van der Waals surface area contributed by atoms with Crippen molar-refractivity contribution in [2.24, 2.45) is 5.10 Å². The van der Waals surface area contributed by atoms with E-state index >= 15 is 0 Å². The lowest BCUT2D eigenvalue weighted by molar-refractivity contribution is -0.127. The van der Waals surface area contributed by atoms with Crippen molar-refractivity contribution in [3.63, 3.8) is 0 Å². The number of nitrogens with one attached hydrogen (secondary N) is 1. The van der Waals surface area contributed by atoms with Gasteiger partial charge in [0.2, 0.25) is 0 Å². The average molecular weight is 404 g/mol. The summed E-state index contributed by atoms with van der Waals surface area (Å²) in [6, 6.07) is 23.2. The molecule has 0 aliphatic rings. The van der Waals surface area contributed by atoms with Crippen LogP contribution in [0.4, 0.5) is 0 Å². The quantitative estimate of drug-likeness (QED) is 0.291. The summed E-state index contributed by atoms with van der Waals surface area (Å²) in [5.41, 5.74) is 3.90. The molecular formula is C23H18ClN3O2. The topological polar surface area (TPSA) is 63.6 Å². The van der Waals surface area contributed by atoms with Gasteiger partial charge >= 0.3 is 0 Å². The number of hydrazone groups is 1. The van der Waals surface area contributed by atoms with E-state index < -0.39 is 6.10 Å². The molecule has 0 fully saturated rings. The highest BCUT2D eigenvalue weighted by atomic mass is 35.5. The molecule has 1 heterocycles. The first-order valence-corrected chi connectivity index (χ1v) is 9.51. The lowest BCUT2D eigenvalue weighted by Crippen LogP contribution is -2.33. The normalized spacial score (nSPS) is 12.3. The van der Waals surface area contributed by atoms with Gasteiger partial charge in [-0.2, -0.15) is 5.10 Å². The number of amides is 1. The Kier molecular flexibility index (Phi) is 5.40. The Labute approximate surface area is 173 Å². The molecule has 5 nitrogen and oxygen atoms in total. The van der Waals surface area contributed by atoms with E-state index in [1.54, 1.807) is 6.92 Å². The number of benzene rings is 3. The number of nitrogens with zero attached hydrogens (tertiary/aromatic N) is 2. The fourth-order valence-corrected chi connectivity index (χ4v) is 3.15. The molecule has 1 atom stereocenters. The lowest BCUT2D eigenvalue weighted by Gasteiger charge is -2.13. The summed E-state index contributed by atoms with van der Waals surface area (Å²) in [5.74, 6) is 0.261. The number of aromatic nitrogens is 1. The van der Waals surface area contributed by atoms with E-state index in [1.807, 2.05) is 72.8 Å². The first-order chi connectivity index (χ1) is 14.1. The van der Waals surface area contributed by atoms with Crippen LogP contribution in [0.3, 0.4) is 0 Å². The van der Waals surface area contributed by atoms with Crippen LogP contribution < -0.4 is 10.2 Å². The number of hydrogen-bond acceptors (Lipinski definition) is 4. The predicted molar refractivity (Wildman–Crippen MR) is 117 cm³/mol. The predicted octanol–water partition coefficient (Wildman–Crippen LogP) is 4.96. The number of halogens is 1. The van der Waals surface area contributed by atoms with Gasteiger partial charge in [0.15, 0.2) is 6.10 Å². The smallest absolute Gasteiger partial charge is 0.280 e. The second-order valence-electron chi connectivity index (χ2n) is 6.56. The van der Waals surface area contributed by atoms with E-state index in [0.717, 1.165) is 21.7 Å². The number of pyridine rings is 1. The van der Waals surface area contributed by atoms with Crippen LogP contribution in [-0.4, -0.2) is 23.2 Å². The van der Waals surface area contributed by atoms with Crippen LogP contribution in [0.2, 0.25) is 5.15 Å². The number of hydrogen-bond donors (Lipinski definition) is 1. The minimum atomic E-state index is -0.710. The molecule has 4 rings (SSSR count). The number of para-hydroxylation sites is 1. The van der Waals surface area contributed by atoms with Crippen LogP contribution in [0.15, 0.2) is 77.9 Å². The Bertz CT molecular complexity index is 1220. The number of rotatable bonds is 5. The Balaban J connectivity index is 1.41. The molecule has 29 heavy (non-hydrogen) atoms. The number of ether oxygens (including phenoxy) is 1. The first kappa shape index (κ1) is 18.9. The van der Waals surface area contributed by atoms with Gasteiger partial charge in [-0.05, 0) is 42.0 Å². The van der Waals surface area contributed by atoms with Crippen LogP contribution in [0.1, 0.15) is 12.5 Å². The molecule has 0 saturated carbocycles. The van der Waals surface area contributed by atoms with Gasteiger partial charge in [0.25, 0.3) is 5.91 Å². The van der Waals surface area contributed by atoms with Crippen molar-refractivity contribution in [1.82, 2.24) is 10.4 Å². The van der Waals surface area contributed by atoms with Gasteiger partial charge in [-0.3, -0.25) is 4.79 Å². The van der Waals surface area contributed by atoms with Crippen molar-refractivity contribution in [2.75, 3.05) is 0 Å². The minimum Gasteiger partial charge on any atom is -0.481 e. The van der Waals surface area contributed by atoms with Gasteiger partial charge in [0.1, 0.15) is 10.9 Å². The third-order valence-electron chi connectivity index (χ3n) is 4.49. The highest BCUT2D eigenvalue weighted by Crippen LogP contribution is 2.21. The van der Waals surface area contributed by atoms with Gasteiger partial charge in [0.05, 0.1) is 11.7 Å². The van der Waals surface area contributed by atoms with Crippen LogP contribution in [0, 0.1) is 0 Å². The zero-order valence-electron chi connectivity index (χ0n) is 15.7. The molecule has 4 aromatic rings. The Morgan fingerprint density at radius 2 is 1.76 bits per heavy atom. The summed E-state index contributed by atoms with van der Waals surface area (Å²) in [5, 5.41) is 7.42. The van der Waals surface area contributed by atoms with Crippen molar-refractivity contribution in [1.29, 1.82) is 0 Å². The summed E-state index contributed by atoms with van der Waals surface area (Å²) in [4.78, 5) is 16.6. The summed E-state index contributed by atoms with van der Waals surface area (Å²) in [7, 11) is 0. The molecule has 0 saturated heterocycles. The maximum Gasteiger partial charge on any atom is 0.280 e. The van der Waals surface area contributed by atoms with Gasteiger partial charge in [-0.15, -0.1) is 0 Å². The zero-order valence-corrected chi connectivity index (χ0v) is 16.4. The molecule has 3 aromatic carbocycles. The number of carbonyl (C=O) groups is 1. The Hall–Kier alpha value is -3.44. The second kappa shape index (κ2) is 8.29. The standard InChI is InChI=1S/C23H18ClN3O2/c1-15(29-20-11-10-16-6-2-3-7-17(16)13-20)23(28)27-25-14-19-12-18-8-4-5-9-21(18)26-22(19)24/h2-15H,1H3,(H,27,28)/b25-14+. The highest BCUT2D eigenvalue weighted by Gasteiger charge is 2.14. The molecule has 1 amide bonds. The summed E-state index contributed by atoms with van der Waals surface area (Å²) >= 11 is 6.20. The van der Waals surface area contributed by atoms with Crippen LogP contribution in [-0.2, 0) is 4.79 Å². The minimum absolute atomic E-state index is 0.321. The zero-order chi connectivity index (χ0) is 20.2. The molecule has 0 spiro atoms. The van der Waals surface area contributed by atoms with E-state index in [0.29, 0.717) is 16.5 Å². The van der Waals surface area contributed by atoms with Gasteiger partial charge in [-0.1, -0.05) is 60.1 Å². The lowest BCUT2D eigenvalue weighted by atomic mass is 10.1. The van der Waals surface area contributed by atoms with Crippen molar-refractivity contribution >= 4 is 45.4 Å². The van der Waals surface area contributed by atoms with E-state index in [1.165, 1.54) is 6.21 Å². The third kappa shape index (κ3) is 4.36. The summed E-state index contributed by atoms with van der Waals surface area (Å²) in [6.45, 7) is 1.67. The molecule has 0 aliphatic heterocycles. The second-order valence-corrected chi connectivity index (χ2v) is 6.92. The average Bonchev–Trinajstić information content (AvgIpc) is 2.74. The summed E-state index contributed by atoms with van der Waals surface area (Å²) in [6.07, 6.45) is 0.765. The largest absolute Gasteiger partial charge is 0.481 e. The molecule has 0 bridgehead atoms. The van der Waals surface area contributed by atoms with Crippen LogP contribution in [0.5, 0.6) is 5.75 Å².